The fraction of sp³-hybridized carbons (Fsp3) is 0.308. The maximum atomic E-state index is 2.56. The van der Waals surface area contributed by atoms with Gasteiger partial charge in [-0.05, 0) is 49.2 Å². The SMILES string of the molecule is Cc1ccc2c(c1)CN1CN2Cc2c1ccc1c2CN2CN1Cc1cc(C)ccc12. The zero-order valence-corrected chi connectivity index (χ0v) is 17.7. The van der Waals surface area contributed by atoms with Crippen LogP contribution in [0.3, 0.4) is 0 Å². The third kappa shape index (κ3) is 2.22. The third-order valence-corrected chi connectivity index (χ3v) is 7.32. The summed E-state index contributed by atoms with van der Waals surface area (Å²) in [5.74, 6) is 0. The van der Waals surface area contributed by atoms with E-state index in [1.807, 2.05) is 0 Å². The molecule has 150 valence electrons. The van der Waals surface area contributed by atoms with E-state index in [4.69, 9.17) is 0 Å². The third-order valence-electron chi connectivity index (χ3n) is 7.32. The minimum absolute atomic E-state index is 0.997. The number of anilines is 4. The highest BCUT2D eigenvalue weighted by molar-refractivity contribution is 5.77. The molecule has 4 aliphatic rings. The van der Waals surface area contributed by atoms with Gasteiger partial charge in [-0.2, -0.15) is 0 Å². The van der Waals surface area contributed by atoms with Gasteiger partial charge in [-0.15, -0.1) is 0 Å². The van der Waals surface area contributed by atoms with E-state index in [9.17, 15) is 0 Å². The molecule has 0 aromatic heterocycles. The molecule has 4 aliphatic heterocycles. The smallest absolute Gasteiger partial charge is 0.0910 e. The molecule has 4 heteroatoms. The lowest BCUT2D eigenvalue weighted by atomic mass is 9.92. The van der Waals surface area contributed by atoms with Gasteiger partial charge in [0.25, 0.3) is 0 Å². The Labute approximate surface area is 177 Å². The van der Waals surface area contributed by atoms with E-state index in [1.54, 1.807) is 0 Å². The number of rotatable bonds is 0. The number of benzene rings is 3. The lowest BCUT2D eigenvalue weighted by molar-refractivity contribution is 0.620. The maximum Gasteiger partial charge on any atom is 0.0910 e. The second-order valence-electron chi connectivity index (χ2n) is 9.40. The van der Waals surface area contributed by atoms with Crippen LogP contribution < -0.4 is 19.6 Å². The first-order valence-electron chi connectivity index (χ1n) is 11.0. The van der Waals surface area contributed by atoms with Crippen LogP contribution in [0.5, 0.6) is 0 Å². The lowest BCUT2D eigenvalue weighted by Crippen LogP contribution is -2.49. The zero-order chi connectivity index (χ0) is 20.0. The van der Waals surface area contributed by atoms with Gasteiger partial charge in [0.1, 0.15) is 0 Å². The van der Waals surface area contributed by atoms with Crippen molar-refractivity contribution >= 4 is 22.7 Å². The summed E-state index contributed by atoms with van der Waals surface area (Å²) in [4.78, 5) is 10.3. The highest BCUT2D eigenvalue weighted by Gasteiger charge is 2.36. The molecule has 3 aromatic carbocycles. The van der Waals surface area contributed by atoms with Crippen molar-refractivity contribution in [2.45, 2.75) is 40.0 Å². The van der Waals surface area contributed by atoms with Crippen LogP contribution in [0, 0.1) is 13.8 Å². The van der Waals surface area contributed by atoms with E-state index >= 15 is 0 Å². The highest BCUT2D eigenvalue weighted by Crippen LogP contribution is 2.46. The van der Waals surface area contributed by atoms with Crippen LogP contribution in [0.2, 0.25) is 0 Å². The van der Waals surface area contributed by atoms with Gasteiger partial charge in [0.2, 0.25) is 0 Å². The topological polar surface area (TPSA) is 13.0 Å². The Morgan fingerprint density at radius 2 is 0.900 bits per heavy atom. The van der Waals surface area contributed by atoms with E-state index in [2.05, 4.69) is 82.0 Å². The van der Waals surface area contributed by atoms with Crippen molar-refractivity contribution in [3.05, 3.63) is 81.9 Å². The van der Waals surface area contributed by atoms with Crippen molar-refractivity contribution in [2.75, 3.05) is 32.9 Å². The molecule has 4 bridgehead atoms. The van der Waals surface area contributed by atoms with Crippen molar-refractivity contribution < 1.29 is 0 Å². The summed E-state index contributed by atoms with van der Waals surface area (Å²) in [5.41, 5.74) is 14.4. The molecule has 4 heterocycles. The largest absolute Gasteiger partial charge is 0.349 e. The fourth-order valence-electron chi connectivity index (χ4n) is 5.96. The second-order valence-corrected chi connectivity index (χ2v) is 9.40. The standard InChI is InChI=1S/C26H26N4/c1-17-3-5-23-19(9-17)11-27-15-29(23)13-21-22-14-30-16-28(26(22)8-7-25(21)27)12-20-10-18(2)4-6-24(20)30/h3-10H,11-16H2,1-2H3. The molecular formula is C26H26N4. The van der Waals surface area contributed by atoms with Crippen molar-refractivity contribution in [1.82, 2.24) is 0 Å². The van der Waals surface area contributed by atoms with Crippen LogP contribution >= 0.6 is 0 Å². The molecule has 0 N–H and O–H groups in total. The van der Waals surface area contributed by atoms with Gasteiger partial charge in [0.15, 0.2) is 0 Å². The average Bonchev–Trinajstić information content (AvgIpc) is 2.73. The molecule has 0 atom stereocenters. The molecule has 7 rings (SSSR count). The summed E-state index contributed by atoms with van der Waals surface area (Å²) in [6.07, 6.45) is 0. The minimum atomic E-state index is 0.997. The number of nitrogens with zero attached hydrogens (tertiary/aromatic N) is 4. The Bertz CT molecular complexity index is 1120. The van der Waals surface area contributed by atoms with E-state index in [0.29, 0.717) is 0 Å². The first-order valence-corrected chi connectivity index (χ1v) is 11.0. The first kappa shape index (κ1) is 16.6. The summed E-state index contributed by atoms with van der Waals surface area (Å²) in [6.45, 7) is 10.4. The first-order chi connectivity index (χ1) is 14.6. The van der Waals surface area contributed by atoms with E-state index < -0.39 is 0 Å². The van der Waals surface area contributed by atoms with Gasteiger partial charge in [-0.25, -0.2) is 0 Å². The Hall–Kier alpha value is -3.14. The quantitative estimate of drug-likeness (QED) is 0.538. The molecule has 0 spiro atoms. The lowest BCUT2D eigenvalue weighted by Gasteiger charge is -2.49. The Morgan fingerprint density at radius 3 is 1.37 bits per heavy atom. The Balaban J connectivity index is 1.33. The molecular weight excluding hydrogens is 368 g/mol. The molecule has 0 saturated carbocycles. The summed E-state index contributed by atoms with van der Waals surface area (Å²) in [7, 11) is 0. The van der Waals surface area contributed by atoms with Crippen molar-refractivity contribution in [1.29, 1.82) is 0 Å². The number of fused-ring (bicyclic) bond motifs is 13. The minimum Gasteiger partial charge on any atom is -0.349 e. The van der Waals surface area contributed by atoms with Gasteiger partial charge >= 0.3 is 0 Å². The molecule has 0 aliphatic carbocycles. The molecule has 0 unspecified atom stereocenters. The van der Waals surface area contributed by atoms with Crippen LogP contribution in [-0.2, 0) is 26.2 Å². The van der Waals surface area contributed by atoms with E-state index in [1.165, 1.54) is 56.1 Å². The number of hydrogen-bond donors (Lipinski definition) is 0. The van der Waals surface area contributed by atoms with Crippen LogP contribution in [0.4, 0.5) is 22.7 Å². The van der Waals surface area contributed by atoms with E-state index in [-0.39, 0.29) is 0 Å². The summed E-state index contributed by atoms with van der Waals surface area (Å²) in [6, 6.07) is 18.6. The average molecular weight is 395 g/mol. The van der Waals surface area contributed by atoms with Crippen LogP contribution in [0.1, 0.15) is 33.4 Å². The maximum absolute atomic E-state index is 2.56. The van der Waals surface area contributed by atoms with Gasteiger partial charge in [-0.3, -0.25) is 0 Å². The second kappa shape index (κ2) is 5.72. The van der Waals surface area contributed by atoms with Crippen LogP contribution in [0.15, 0.2) is 48.5 Å². The zero-order valence-electron chi connectivity index (χ0n) is 17.7. The van der Waals surface area contributed by atoms with Crippen molar-refractivity contribution in [2.24, 2.45) is 0 Å². The molecule has 0 amide bonds. The monoisotopic (exact) mass is 394 g/mol. The van der Waals surface area contributed by atoms with Crippen LogP contribution in [0.25, 0.3) is 0 Å². The molecule has 3 aromatic rings. The molecule has 0 fully saturated rings. The van der Waals surface area contributed by atoms with Crippen molar-refractivity contribution in [3.8, 4) is 0 Å². The normalized spacial score (nSPS) is 17.9. The van der Waals surface area contributed by atoms with Crippen LogP contribution in [-0.4, -0.2) is 13.3 Å². The van der Waals surface area contributed by atoms with Gasteiger partial charge in [0, 0.05) is 60.1 Å². The molecule has 0 radical (unpaired) electrons. The Kier molecular flexibility index (Phi) is 3.17. The molecule has 0 saturated heterocycles. The molecule has 4 nitrogen and oxygen atoms in total. The number of aryl methyl sites for hydroxylation is 2. The van der Waals surface area contributed by atoms with E-state index in [0.717, 1.165) is 39.5 Å². The summed E-state index contributed by atoms with van der Waals surface area (Å²) < 4.78 is 0. The summed E-state index contributed by atoms with van der Waals surface area (Å²) >= 11 is 0. The van der Waals surface area contributed by atoms with Gasteiger partial charge in [-0.1, -0.05) is 35.4 Å². The van der Waals surface area contributed by atoms with Crippen molar-refractivity contribution in [3.63, 3.8) is 0 Å². The fourth-order valence-corrected chi connectivity index (χ4v) is 5.96. The molecule has 30 heavy (non-hydrogen) atoms. The Morgan fingerprint density at radius 1 is 0.500 bits per heavy atom. The predicted molar refractivity (Wildman–Crippen MR) is 123 cm³/mol. The van der Waals surface area contributed by atoms with Gasteiger partial charge < -0.3 is 19.6 Å². The van der Waals surface area contributed by atoms with Gasteiger partial charge in [0.05, 0.1) is 13.3 Å². The predicted octanol–water partition coefficient (Wildman–Crippen LogP) is 4.90. The number of hydrogen-bond acceptors (Lipinski definition) is 4. The summed E-state index contributed by atoms with van der Waals surface area (Å²) in [5, 5.41) is 0. The highest BCUT2D eigenvalue weighted by atomic mass is 15.4.